The van der Waals surface area contributed by atoms with Gasteiger partial charge in [0.1, 0.15) is 0 Å². The summed E-state index contributed by atoms with van der Waals surface area (Å²) in [7, 11) is 3.94. The number of hydrogen-bond acceptors (Lipinski definition) is 4. The minimum atomic E-state index is 0.260. The van der Waals surface area contributed by atoms with E-state index in [1.165, 1.54) is 19.3 Å². The van der Waals surface area contributed by atoms with Crippen LogP contribution in [-0.2, 0) is 4.79 Å². The van der Waals surface area contributed by atoms with Crippen LogP contribution in [-0.4, -0.2) is 24.9 Å². The molecule has 1 saturated carbocycles. The number of hydrogen-bond donors (Lipinski definition) is 0. The number of carbonyl (C=O) groups is 1. The van der Waals surface area contributed by atoms with Crippen LogP contribution in [0.4, 0.5) is 5.13 Å². The van der Waals surface area contributed by atoms with Crippen LogP contribution in [0.15, 0.2) is 12.3 Å². The van der Waals surface area contributed by atoms with Crippen LogP contribution in [0.25, 0.3) is 6.08 Å². The Morgan fingerprint density at radius 1 is 1.39 bits per heavy atom. The molecule has 1 aliphatic rings. The van der Waals surface area contributed by atoms with Gasteiger partial charge in [0.25, 0.3) is 0 Å². The maximum atomic E-state index is 12.0. The molecule has 0 aliphatic heterocycles. The van der Waals surface area contributed by atoms with E-state index < -0.39 is 0 Å². The van der Waals surface area contributed by atoms with Crippen LogP contribution in [0.5, 0.6) is 0 Å². The van der Waals surface area contributed by atoms with Gasteiger partial charge in [0.2, 0.25) is 0 Å². The Morgan fingerprint density at radius 3 is 2.72 bits per heavy atom. The average molecular weight is 264 g/mol. The Morgan fingerprint density at radius 2 is 2.11 bits per heavy atom. The zero-order valence-corrected chi connectivity index (χ0v) is 11.9. The second-order valence-corrected chi connectivity index (χ2v) is 6.05. The first-order chi connectivity index (χ1) is 8.66. The fourth-order valence-corrected chi connectivity index (χ4v) is 2.99. The molecule has 2 rings (SSSR count). The fourth-order valence-electron chi connectivity index (χ4n) is 2.25. The van der Waals surface area contributed by atoms with Crippen LogP contribution in [0, 0.1) is 5.92 Å². The predicted molar refractivity (Wildman–Crippen MR) is 77.1 cm³/mol. The molecule has 0 amide bonds. The number of rotatable bonds is 4. The van der Waals surface area contributed by atoms with E-state index >= 15 is 0 Å². The van der Waals surface area contributed by atoms with Crippen molar-refractivity contribution in [3.05, 3.63) is 17.2 Å². The Labute approximate surface area is 113 Å². The summed E-state index contributed by atoms with van der Waals surface area (Å²) in [6, 6.07) is 0. The zero-order chi connectivity index (χ0) is 13.0. The van der Waals surface area contributed by atoms with E-state index in [1.54, 1.807) is 17.4 Å². The minimum absolute atomic E-state index is 0.260. The molecule has 0 atom stereocenters. The lowest BCUT2D eigenvalue weighted by molar-refractivity contribution is -0.119. The van der Waals surface area contributed by atoms with Gasteiger partial charge < -0.3 is 4.90 Å². The van der Waals surface area contributed by atoms with Crippen molar-refractivity contribution in [2.45, 2.75) is 32.1 Å². The largest absolute Gasteiger partial charge is 0.354 e. The molecule has 0 N–H and O–H groups in total. The second-order valence-electron chi connectivity index (χ2n) is 5.01. The van der Waals surface area contributed by atoms with Crippen molar-refractivity contribution in [1.82, 2.24) is 4.98 Å². The first-order valence-corrected chi connectivity index (χ1v) is 7.33. The maximum Gasteiger partial charge on any atom is 0.185 e. The third-order valence-electron chi connectivity index (χ3n) is 3.31. The van der Waals surface area contributed by atoms with Gasteiger partial charge in [0.05, 0.1) is 0 Å². The van der Waals surface area contributed by atoms with Gasteiger partial charge in [-0.15, -0.1) is 0 Å². The van der Waals surface area contributed by atoms with Crippen molar-refractivity contribution >= 4 is 28.3 Å². The quantitative estimate of drug-likeness (QED) is 0.782. The number of anilines is 1. The molecular weight excluding hydrogens is 244 g/mol. The van der Waals surface area contributed by atoms with E-state index in [1.807, 2.05) is 31.3 Å². The first-order valence-electron chi connectivity index (χ1n) is 6.52. The van der Waals surface area contributed by atoms with E-state index in [4.69, 9.17) is 0 Å². The van der Waals surface area contributed by atoms with Crippen molar-refractivity contribution in [3.8, 4) is 0 Å². The van der Waals surface area contributed by atoms with E-state index in [2.05, 4.69) is 4.98 Å². The van der Waals surface area contributed by atoms with Crippen molar-refractivity contribution < 1.29 is 4.79 Å². The van der Waals surface area contributed by atoms with Gasteiger partial charge in [-0.05, 0) is 25.0 Å². The summed E-state index contributed by atoms with van der Waals surface area (Å²) in [5.74, 6) is 0.547. The fraction of sp³-hybridized carbons (Fsp3) is 0.571. The second kappa shape index (κ2) is 6.14. The van der Waals surface area contributed by atoms with Crippen molar-refractivity contribution in [2.75, 3.05) is 19.0 Å². The molecule has 0 bridgehead atoms. The van der Waals surface area contributed by atoms with Gasteiger partial charge in [-0.25, -0.2) is 4.98 Å². The summed E-state index contributed by atoms with van der Waals surface area (Å²) in [4.78, 5) is 19.3. The number of allylic oxidation sites excluding steroid dienone is 1. The molecule has 4 heteroatoms. The first kappa shape index (κ1) is 13.3. The molecule has 0 saturated heterocycles. The van der Waals surface area contributed by atoms with E-state index in [0.717, 1.165) is 22.9 Å². The van der Waals surface area contributed by atoms with E-state index in [0.29, 0.717) is 0 Å². The lowest BCUT2D eigenvalue weighted by atomic mass is 9.86. The Kier molecular flexibility index (Phi) is 4.53. The van der Waals surface area contributed by atoms with Crippen molar-refractivity contribution in [1.29, 1.82) is 0 Å². The standard InChI is InChI=1S/C14H20N2OS/c1-16(2)14-15-10-12(18-14)8-9-13(17)11-6-4-3-5-7-11/h8-11H,3-7H2,1-2H3. The summed E-state index contributed by atoms with van der Waals surface area (Å²) >= 11 is 1.61. The van der Waals surface area contributed by atoms with Crippen LogP contribution in [0.1, 0.15) is 37.0 Å². The summed E-state index contributed by atoms with van der Waals surface area (Å²) in [5, 5.41) is 0.972. The van der Waals surface area contributed by atoms with Crippen molar-refractivity contribution in [2.24, 2.45) is 5.92 Å². The van der Waals surface area contributed by atoms with Gasteiger partial charge >= 0.3 is 0 Å². The SMILES string of the molecule is CN(C)c1ncc(C=CC(=O)C2CCCCC2)s1. The smallest absolute Gasteiger partial charge is 0.185 e. The predicted octanol–water partition coefficient (Wildman–Crippen LogP) is 3.37. The van der Waals surface area contributed by atoms with E-state index in [-0.39, 0.29) is 11.7 Å². The van der Waals surface area contributed by atoms with Crippen LogP contribution >= 0.6 is 11.3 Å². The van der Waals surface area contributed by atoms with Gasteiger partial charge in [-0.3, -0.25) is 4.79 Å². The molecule has 0 spiro atoms. The number of aromatic nitrogens is 1. The summed E-state index contributed by atoms with van der Waals surface area (Å²) in [6.07, 6.45) is 11.3. The van der Waals surface area contributed by atoms with Gasteiger partial charge in [0.15, 0.2) is 10.9 Å². The van der Waals surface area contributed by atoms with Crippen LogP contribution < -0.4 is 4.90 Å². The third-order valence-corrected chi connectivity index (χ3v) is 4.44. The topological polar surface area (TPSA) is 33.2 Å². The molecule has 98 valence electrons. The Bertz CT molecular complexity index is 431. The minimum Gasteiger partial charge on any atom is -0.354 e. The molecule has 1 aromatic heterocycles. The van der Waals surface area contributed by atoms with Crippen LogP contribution in [0.3, 0.4) is 0 Å². The zero-order valence-electron chi connectivity index (χ0n) is 11.1. The number of nitrogens with zero attached hydrogens (tertiary/aromatic N) is 2. The molecule has 18 heavy (non-hydrogen) atoms. The summed E-state index contributed by atoms with van der Waals surface area (Å²) < 4.78 is 0. The highest BCUT2D eigenvalue weighted by Gasteiger charge is 2.18. The maximum absolute atomic E-state index is 12.0. The number of carbonyl (C=O) groups excluding carboxylic acids is 1. The highest BCUT2D eigenvalue weighted by Crippen LogP contribution is 2.26. The Hall–Kier alpha value is -1.16. The third kappa shape index (κ3) is 3.42. The van der Waals surface area contributed by atoms with Gasteiger partial charge in [-0.1, -0.05) is 30.6 Å². The molecule has 1 aromatic rings. The van der Waals surface area contributed by atoms with Gasteiger partial charge in [0, 0.05) is 31.1 Å². The summed E-state index contributed by atoms with van der Waals surface area (Å²) in [6.45, 7) is 0. The molecular formula is C14H20N2OS. The molecule has 0 radical (unpaired) electrons. The lowest BCUT2D eigenvalue weighted by Crippen LogP contribution is -2.15. The Balaban J connectivity index is 1.94. The lowest BCUT2D eigenvalue weighted by Gasteiger charge is -2.18. The van der Waals surface area contributed by atoms with Crippen LogP contribution in [0.2, 0.25) is 0 Å². The average Bonchev–Trinajstić information content (AvgIpc) is 2.86. The normalized spacial score (nSPS) is 17.2. The summed E-state index contributed by atoms with van der Waals surface area (Å²) in [5.41, 5.74) is 0. The number of thiazole rings is 1. The highest BCUT2D eigenvalue weighted by molar-refractivity contribution is 7.16. The highest BCUT2D eigenvalue weighted by atomic mass is 32.1. The number of ketones is 1. The monoisotopic (exact) mass is 264 g/mol. The molecule has 0 unspecified atom stereocenters. The van der Waals surface area contributed by atoms with Gasteiger partial charge in [-0.2, -0.15) is 0 Å². The molecule has 1 fully saturated rings. The van der Waals surface area contributed by atoms with E-state index in [9.17, 15) is 4.79 Å². The molecule has 3 nitrogen and oxygen atoms in total. The molecule has 0 aromatic carbocycles. The molecule has 1 aliphatic carbocycles. The van der Waals surface area contributed by atoms with Crippen molar-refractivity contribution in [3.63, 3.8) is 0 Å². The molecule has 1 heterocycles.